The molecular weight excluding hydrogens is 294 g/mol. The Morgan fingerprint density at radius 1 is 1.33 bits per heavy atom. The summed E-state index contributed by atoms with van der Waals surface area (Å²) in [5.74, 6) is 1.41. The van der Waals surface area contributed by atoms with E-state index in [1.54, 1.807) is 12.1 Å². The Labute approximate surface area is 129 Å². The van der Waals surface area contributed by atoms with E-state index in [4.69, 9.17) is 21.1 Å². The largest absolute Gasteiger partial charge is 0.513 e. The van der Waals surface area contributed by atoms with Gasteiger partial charge in [0.25, 0.3) is 0 Å². The molecule has 2 rings (SSSR count). The molecule has 0 fully saturated rings. The number of carbonyl (C=O) groups is 1. The Morgan fingerprint density at radius 2 is 2.10 bits per heavy atom. The van der Waals surface area contributed by atoms with Crippen molar-refractivity contribution in [1.82, 2.24) is 4.90 Å². The monoisotopic (exact) mass is 311 g/mol. The Bertz CT molecular complexity index is 501. The maximum Gasteiger partial charge on any atom is 0.513 e. The SMILES string of the molecule is COC(=O)OC1=CCCN(CCOc2ccc(Cl)cc2)C1. The van der Waals surface area contributed by atoms with E-state index in [1.165, 1.54) is 7.11 Å². The van der Waals surface area contributed by atoms with Crippen molar-refractivity contribution >= 4 is 17.8 Å². The molecule has 6 heteroatoms. The summed E-state index contributed by atoms with van der Waals surface area (Å²) >= 11 is 5.82. The predicted octanol–water partition coefficient (Wildman–Crippen LogP) is 3.09. The van der Waals surface area contributed by atoms with Crippen molar-refractivity contribution in [3.63, 3.8) is 0 Å². The van der Waals surface area contributed by atoms with Crippen molar-refractivity contribution in [2.75, 3.05) is 33.4 Å². The van der Waals surface area contributed by atoms with Gasteiger partial charge in [-0.3, -0.25) is 4.90 Å². The van der Waals surface area contributed by atoms with E-state index in [0.717, 1.165) is 25.3 Å². The minimum Gasteiger partial charge on any atom is -0.492 e. The highest BCUT2D eigenvalue weighted by molar-refractivity contribution is 6.30. The first kappa shape index (κ1) is 15.7. The minimum absolute atomic E-state index is 0.563. The van der Waals surface area contributed by atoms with E-state index in [-0.39, 0.29) is 0 Å². The van der Waals surface area contributed by atoms with E-state index in [9.17, 15) is 4.79 Å². The zero-order valence-corrected chi connectivity index (χ0v) is 12.6. The van der Waals surface area contributed by atoms with Gasteiger partial charge in [0, 0.05) is 18.1 Å². The number of ether oxygens (including phenoxy) is 3. The highest BCUT2D eigenvalue weighted by Crippen LogP contribution is 2.16. The lowest BCUT2D eigenvalue weighted by Crippen LogP contribution is -2.34. The van der Waals surface area contributed by atoms with Gasteiger partial charge in [-0.25, -0.2) is 4.79 Å². The van der Waals surface area contributed by atoms with E-state index in [0.29, 0.717) is 23.9 Å². The second-order valence-corrected chi connectivity index (χ2v) is 5.03. The van der Waals surface area contributed by atoms with Crippen molar-refractivity contribution in [2.24, 2.45) is 0 Å². The van der Waals surface area contributed by atoms with Gasteiger partial charge in [-0.2, -0.15) is 0 Å². The zero-order valence-electron chi connectivity index (χ0n) is 11.9. The van der Waals surface area contributed by atoms with Gasteiger partial charge in [-0.05, 0) is 36.8 Å². The normalized spacial score (nSPS) is 15.2. The molecule has 0 bridgehead atoms. The smallest absolute Gasteiger partial charge is 0.492 e. The molecule has 1 aliphatic heterocycles. The van der Waals surface area contributed by atoms with Crippen LogP contribution in [-0.2, 0) is 9.47 Å². The summed E-state index contributed by atoms with van der Waals surface area (Å²) in [6.07, 6.45) is 2.07. The fraction of sp³-hybridized carbons (Fsp3) is 0.400. The Balaban J connectivity index is 1.73. The van der Waals surface area contributed by atoms with Crippen LogP contribution in [0.2, 0.25) is 5.02 Å². The van der Waals surface area contributed by atoms with Crippen LogP contribution >= 0.6 is 11.6 Å². The van der Waals surface area contributed by atoms with E-state index in [2.05, 4.69) is 9.64 Å². The molecule has 0 aromatic heterocycles. The number of methoxy groups -OCH3 is 1. The van der Waals surface area contributed by atoms with Gasteiger partial charge in [0.2, 0.25) is 0 Å². The zero-order chi connectivity index (χ0) is 15.1. The molecule has 21 heavy (non-hydrogen) atoms. The molecule has 1 aromatic rings. The molecule has 114 valence electrons. The number of carbonyl (C=O) groups excluding carboxylic acids is 1. The highest BCUT2D eigenvalue weighted by atomic mass is 35.5. The van der Waals surface area contributed by atoms with Crippen molar-refractivity contribution in [1.29, 1.82) is 0 Å². The minimum atomic E-state index is -0.680. The predicted molar refractivity (Wildman–Crippen MR) is 79.6 cm³/mol. The number of halogens is 1. The quantitative estimate of drug-likeness (QED) is 0.782. The number of rotatable bonds is 5. The molecule has 0 saturated carbocycles. The van der Waals surface area contributed by atoms with Gasteiger partial charge < -0.3 is 14.2 Å². The van der Waals surface area contributed by atoms with Crippen LogP contribution in [0.25, 0.3) is 0 Å². The average molecular weight is 312 g/mol. The van der Waals surface area contributed by atoms with Crippen LogP contribution in [0.4, 0.5) is 4.79 Å². The van der Waals surface area contributed by atoms with E-state index in [1.807, 2.05) is 18.2 Å². The second-order valence-electron chi connectivity index (χ2n) is 4.59. The standard InChI is InChI=1S/C15H18ClNO4/c1-19-15(18)21-14-3-2-8-17(11-14)9-10-20-13-6-4-12(16)5-7-13/h3-7H,2,8-11H2,1H3. The second kappa shape index (κ2) is 7.90. The molecule has 0 N–H and O–H groups in total. The summed E-state index contributed by atoms with van der Waals surface area (Å²) < 4.78 is 15.2. The van der Waals surface area contributed by atoms with Gasteiger partial charge in [-0.1, -0.05) is 11.6 Å². The van der Waals surface area contributed by atoms with Crippen LogP contribution < -0.4 is 4.74 Å². The summed E-state index contributed by atoms with van der Waals surface area (Å²) in [5, 5.41) is 0.688. The van der Waals surface area contributed by atoms with Gasteiger partial charge in [0.15, 0.2) is 0 Å². The fourth-order valence-corrected chi connectivity index (χ4v) is 2.14. The first-order chi connectivity index (χ1) is 10.2. The average Bonchev–Trinajstić information content (AvgIpc) is 2.49. The summed E-state index contributed by atoms with van der Waals surface area (Å²) in [7, 11) is 1.30. The third-order valence-corrected chi connectivity index (χ3v) is 3.32. The lowest BCUT2D eigenvalue weighted by atomic mass is 10.2. The number of benzene rings is 1. The lowest BCUT2D eigenvalue weighted by Gasteiger charge is -2.26. The molecular formula is C15H18ClNO4. The van der Waals surface area contributed by atoms with Crippen molar-refractivity contribution in [3.05, 3.63) is 41.1 Å². The first-order valence-corrected chi connectivity index (χ1v) is 7.11. The molecule has 0 saturated heterocycles. The molecule has 5 nitrogen and oxygen atoms in total. The molecule has 0 atom stereocenters. The van der Waals surface area contributed by atoms with E-state index >= 15 is 0 Å². The summed E-state index contributed by atoms with van der Waals surface area (Å²) in [6.45, 7) is 2.81. The highest BCUT2D eigenvalue weighted by Gasteiger charge is 2.16. The van der Waals surface area contributed by atoms with Crippen molar-refractivity contribution in [2.45, 2.75) is 6.42 Å². The third kappa shape index (κ3) is 5.28. The lowest BCUT2D eigenvalue weighted by molar-refractivity contribution is 0.0859. The van der Waals surface area contributed by atoms with Crippen LogP contribution in [0.3, 0.4) is 0 Å². The molecule has 0 unspecified atom stereocenters. The van der Waals surface area contributed by atoms with Crippen LogP contribution in [0, 0.1) is 0 Å². The van der Waals surface area contributed by atoms with Gasteiger partial charge in [0.05, 0.1) is 13.7 Å². The molecule has 1 aliphatic rings. The summed E-state index contributed by atoms with van der Waals surface area (Å²) in [5.41, 5.74) is 0. The van der Waals surface area contributed by atoms with Crippen LogP contribution in [0.5, 0.6) is 5.75 Å². The maximum absolute atomic E-state index is 11.1. The number of hydrogen-bond acceptors (Lipinski definition) is 5. The molecule has 0 radical (unpaired) electrons. The van der Waals surface area contributed by atoms with Crippen LogP contribution in [0.15, 0.2) is 36.1 Å². The number of nitrogens with zero attached hydrogens (tertiary/aromatic N) is 1. The van der Waals surface area contributed by atoms with E-state index < -0.39 is 6.16 Å². The van der Waals surface area contributed by atoms with Gasteiger partial charge >= 0.3 is 6.16 Å². The molecule has 0 aliphatic carbocycles. The van der Waals surface area contributed by atoms with Crippen molar-refractivity contribution in [3.8, 4) is 5.75 Å². The van der Waals surface area contributed by atoms with Gasteiger partial charge in [0.1, 0.15) is 18.1 Å². The molecule has 0 amide bonds. The Hall–Kier alpha value is -1.72. The topological polar surface area (TPSA) is 48.0 Å². The van der Waals surface area contributed by atoms with Gasteiger partial charge in [-0.15, -0.1) is 0 Å². The van der Waals surface area contributed by atoms with Crippen LogP contribution in [0.1, 0.15) is 6.42 Å². The molecule has 0 spiro atoms. The third-order valence-electron chi connectivity index (χ3n) is 3.07. The Kier molecular flexibility index (Phi) is 5.90. The molecule has 1 heterocycles. The number of hydrogen-bond donors (Lipinski definition) is 0. The maximum atomic E-state index is 11.1. The fourth-order valence-electron chi connectivity index (χ4n) is 2.01. The summed E-state index contributed by atoms with van der Waals surface area (Å²) in [6, 6.07) is 7.26. The van der Waals surface area contributed by atoms with Crippen molar-refractivity contribution < 1.29 is 19.0 Å². The first-order valence-electron chi connectivity index (χ1n) is 6.73. The van der Waals surface area contributed by atoms with Crippen LogP contribution in [-0.4, -0.2) is 44.4 Å². The summed E-state index contributed by atoms with van der Waals surface area (Å²) in [4.78, 5) is 13.2. The molecule has 1 aromatic carbocycles. The Morgan fingerprint density at radius 3 is 2.81 bits per heavy atom.